The smallest absolute Gasteiger partial charge is 0.264 e. The molecule has 0 spiro atoms. The van der Waals surface area contributed by atoms with Crippen LogP contribution in [0, 0.1) is 13.8 Å². The number of rotatable bonds is 10. The van der Waals surface area contributed by atoms with Gasteiger partial charge in [-0.25, -0.2) is 13.8 Å². The lowest BCUT2D eigenvalue weighted by atomic mass is 10.2. The standard InChI is InChI=1S/C26H26ClN3O4S/c1-4-16-34-22-12-10-21(11-13-22)17-28-29-26(31)18-30(25-7-5-6-24(27)20(25)3)35(32,33)23-14-8-19(2)9-15-23/h4-15,17H,1,16,18H2,2-3H3,(H,29,31)/b28-17-. The molecule has 3 aromatic rings. The number of sulfonamides is 1. The third kappa shape index (κ3) is 6.71. The van der Waals surface area contributed by atoms with Crippen molar-refractivity contribution in [1.29, 1.82) is 0 Å². The molecule has 0 aromatic heterocycles. The monoisotopic (exact) mass is 511 g/mol. The van der Waals surface area contributed by atoms with E-state index in [4.69, 9.17) is 16.3 Å². The van der Waals surface area contributed by atoms with Gasteiger partial charge in [-0.2, -0.15) is 5.10 Å². The molecule has 1 amide bonds. The lowest BCUT2D eigenvalue weighted by molar-refractivity contribution is -0.119. The van der Waals surface area contributed by atoms with Crippen LogP contribution in [0.4, 0.5) is 5.69 Å². The van der Waals surface area contributed by atoms with E-state index in [1.54, 1.807) is 67.6 Å². The van der Waals surface area contributed by atoms with Crippen molar-refractivity contribution in [3.8, 4) is 5.75 Å². The van der Waals surface area contributed by atoms with Gasteiger partial charge in [0, 0.05) is 5.02 Å². The minimum atomic E-state index is -4.05. The summed E-state index contributed by atoms with van der Waals surface area (Å²) in [5.41, 5.74) is 4.89. The molecule has 0 saturated heterocycles. The quantitative estimate of drug-likeness (QED) is 0.239. The molecule has 3 rings (SSSR count). The van der Waals surface area contributed by atoms with Crippen LogP contribution in [-0.2, 0) is 14.8 Å². The largest absolute Gasteiger partial charge is 0.490 e. The number of aryl methyl sites for hydroxylation is 1. The summed E-state index contributed by atoms with van der Waals surface area (Å²) in [6.07, 6.45) is 3.11. The van der Waals surface area contributed by atoms with Gasteiger partial charge < -0.3 is 4.74 Å². The summed E-state index contributed by atoms with van der Waals surface area (Å²) in [6, 6.07) is 18.4. The van der Waals surface area contributed by atoms with Crippen LogP contribution in [0.2, 0.25) is 5.02 Å². The first kappa shape index (κ1) is 26.0. The Kier molecular flexibility index (Phi) is 8.68. The fourth-order valence-electron chi connectivity index (χ4n) is 3.15. The topological polar surface area (TPSA) is 88.1 Å². The van der Waals surface area contributed by atoms with Gasteiger partial charge >= 0.3 is 0 Å². The van der Waals surface area contributed by atoms with Crippen molar-refractivity contribution >= 4 is 39.4 Å². The molecule has 0 saturated carbocycles. The van der Waals surface area contributed by atoms with Crippen molar-refractivity contribution in [2.75, 3.05) is 17.5 Å². The summed E-state index contributed by atoms with van der Waals surface area (Å²) in [4.78, 5) is 12.8. The average molecular weight is 512 g/mol. The van der Waals surface area contributed by atoms with Crippen LogP contribution < -0.4 is 14.5 Å². The molecule has 9 heteroatoms. The number of benzene rings is 3. The molecule has 0 atom stereocenters. The Morgan fingerprint density at radius 1 is 1.09 bits per heavy atom. The minimum Gasteiger partial charge on any atom is -0.490 e. The second kappa shape index (κ2) is 11.7. The summed E-state index contributed by atoms with van der Waals surface area (Å²) in [5, 5.41) is 4.35. The highest BCUT2D eigenvalue weighted by molar-refractivity contribution is 7.92. The zero-order valence-electron chi connectivity index (χ0n) is 19.4. The first-order chi connectivity index (χ1) is 16.7. The van der Waals surface area contributed by atoms with Crippen molar-refractivity contribution < 1.29 is 17.9 Å². The van der Waals surface area contributed by atoms with Crippen molar-refractivity contribution in [2.24, 2.45) is 5.10 Å². The lowest BCUT2D eigenvalue weighted by Crippen LogP contribution is -2.40. The number of halogens is 1. The van der Waals surface area contributed by atoms with Crippen molar-refractivity contribution in [3.63, 3.8) is 0 Å². The predicted molar refractivity (Wildman–Crippen MR) is 140 cm³/mol. The number of hydrogen-bond donors (Lipinski definition) is 1. The maximum atomic E-state index is 13.5. The maximum Gasteiger partial charge on any atom is 0.264 e. The molecule has 3 aromatic carbocycles. The maximum absolute atomic E-state index is 13.5. The number of carbonyl (C=O) groups excluding carboxylic acids is 1. The van der Waals surface area contributed by atoms with E-state index in [-0.39, 0.29) is 4.90 Å². The van der Waals surface area contributed by atoms with Crippen LogP contribution in [0.15, 0.2) is 89.4 Å². The zero-order valence-corrected chi connectivity index (χ0v) is 21.0. The van der Waals surface area contributed by atoms with Gasteiger partial charge in [0.2, 0.25) is 0 Å². The third-order valence-corrected chi connectivity index (χ3v) is 7.24. The Hall–Kier alpha value is -3.62. The summed E-state index contributed by atoms with van der Waals surface area (Å²) in [7, 11) is -4.05. The second-order valence-corrected chi connectivity index (χ2v) is 9.94. The number of nitrogens with zero attached hydrogens (tertiary/aromatic N) is 2. The SMILES string of the molecule is C=CCOc1ccc(/C=N\NC(=O)CN(c2cccc(Cl)c2C)S(=O)(=O)c2ccc(C)cc2)cc1. The molecule has 1 N–H and O–H groups in total. The fraction of sp³-hybridized carbons (Fsp3) is 0.154. The van der Waals surface area contributed by atoms with Crippen LogP contribution in [0.5, 0.6) is 5.75 Å². The van der Waals surface area contributed by atoms with Crippen LogP contribution in [-0.4, -0.2) is 33.7 Å². The molecule has 0 fully saturated rings. The van der Waals surface area contributed by atoms with Gasteiger partial charge in [0.05, 0.1) is 16.8 Å². The third-order valence-electron chi connectivity index (χ3n) is 5.05. The highest BCUT2D eigenvalue weighted by Gasteiger charge is 2.28. The molecule has 7 nitrogen and oxygen atoms in total. The molecule has 182 valence electrons. The molecule has 0 aliphatic carbocycles. The van der Waals surface area contributed by atoms with Gasteiger partial charge in [-0.3, -0.25) is 9.10 Å². The fourth-order valence-corrected chi connectivity index (χ4v) is 4.80. The Balaban J connectivity index is 1.80. The zero-order chi connectivity index (χ0) is 25.4. The average Bonchev–Trinajstić information content (AvgIpc) is 2.84. The van der Waals surface area contributed by atoms with E-state index in [0.717, 1.165) is 15.4 Å². The number of ether oxygens (including phenoxy) is 1. The Morgan fingerprint density at radius 3 is 2.43 bits per heavy atom. The number of nitrogens with one attached hydrogen (secondary N) is 1. The molecule has 0 radical (unpaired) electrons. The van der Waals surface area contributed by atoms with Crippen LogP contribution in [0.3, 0.4) is 0 Å². The first-order valence-electron chi connectivity index (χ1n) is 10.7. The van der Waals surface area contributed by atoms with Gasteiger partial charge in [0.15, 0.2) is 0 Å². The van der Waals surface area contributed by atoms with E-state index in [0.29, 0.717) is 28.6 Å². The number of hydrogen-bond acceptors (Lipinski definition) is 5. The highest BCUT2D eigenvalue weighted by atomic mass is 35.5. The Labute approximate surface area is 210 Å². The molecule has 0 unspecified atom stereocenters. The van der Waals surface area contributed by atoms with E-state index < -0.39 is 22.5 Å². The van der Waals surface area contributed by atoms with Crippen molar-refractivity contribution in [1.82, 2.24) is 5.43 Å². The van der Waals surface area contributed by atoms with Crippen molar-refractivity contribution in [3.05, 3.63) is 101 Å². The highest BCUT2D eigenvalue weighted by Crippen LogP contribution is 2.30. The van der Waals surface area contributed by atoms with E-state index in [1.165, 1.54) is 18.3 Å². The lowest BCUT2D eigenvalue weighted by Gasteiger charge is -2.25. The van der Waals surface area contributed by atoms with E-state index in [9.17, 15) is 13.2 Å². The molecule has 0 bridgehead atoms. The van der Waals surface area contributed by atoms with Gasteiger partial charge in [-0.05, 0) is 73.5 Å². The summed E-state index contributed by atoms with van der Waals surface area (Å²) < 4.78 is 33.4. The molecular formula is C26H26ClN3O4S. The number of anilines is 1. The molecule has 0 aliphatic rings. The van der Waals surface area contributed by atoms with E-state index in [2.05, 4.69) is 17.1 Å². The predicted octanol–water partition coefficient (Wildman–Crippen LogP) is 4.87. The molecule has 35 heavy (non-hydrogen) atoms. The first-order valence-corrected chi connectivity index (χ1v) is 12.5. The summed E-state index contributed by atoms with van der Waals surface area (Å²) >= 11 is 6.24. The van der Waals surface area contributed by atoms with Gasteiger partial charge in [-0.1, -0.05) is 48.0 Å². The Bertz CT molecular complexity index is 1320. The van der Waals surface area contributed by atoms with Gasteiger partial charge in [0.1, 0.15) is 18.9 Å². The summed E-state index contributed by atoms with van der Waals surface area (Å²) in [6.45, 7) is 7.08. The number of hydrazone groups is 1. The van der Waals surface area contributed by atoms with Gasteiger partial charge in [-0.15, -0.1) is 0 Å². The minimum absolute atomic E-state index is 0.0672. The number of carbonyl (C=O) groups is 1. The molecular weight excluding hydrogens is 486 g/mol. The molecule has 0 aliphatic heterocycles. The van der Waals surface area contributed by atoms with Gasteiger partial charge in [0.25, 0.3) is 15.9 Å². The van der Waals surface area contributed by atoms with Crippen LogP contribution >= 0.6 is 11.6 Å². The number of amides is 1. The Morgan fingerprint density at radius 2 is 1.77 bits per heavy atom. The van der Waals surface area contributed by atoms with E-state index >= 15 is 0 Å². The molecule has 0 heterocycles. The van der Waals surface area contributed by atoms with Crippen LogP contribution in [0.25, 0.3) is 0 Å². The normalized spacial score (nSPS) is 11.3. The second-order valence-electron chi connectivity index (χ2n) is 7.67. The van der Waals surface area contributed by atoms with E-state index in [1.807, 2.05) is 6.92 Å². The summed E-state index contributed by atoms with van der Waals surface area (Å²) in [5.74, 6) is 0.0715. The van der Waals surface area contributed by atoms with Crippen LogP contribution in [0.1, 0.15) is 16.7 Å². The van der Waals surface area contributed by atoms with Crippen molar-refractivity contribution in [2.45, 2.75) is 18.7 Å².